The van der Waals surface area contributed by atoms with Crippen molar-refractivity contribution >= 4 is 22.0 Å². The number of thiophene rings is 1. The molecule has 0 bridgehead atoms. The Balaban J connectivity index is 2.31. The van der Waals surface area contributed by atoms with E-state index in [1.54, 1.807) is 6.92 Å². The standard InChI is InChI=1S/C11H16N2O4S/c1-8(14)10-7-9(13(15)16)11(18-10)12-3-2-5-17-6-4-12/h7-8,14H,2-6H2,1H3/t8-/m1/s1. The van der Waals surface area contributed by atoms with Gasteiger partial charge in [-0.1, -0.05) is 0 Å². The fourth-order valence-electron chi connectivity index (χ4n) is 1.90. The molecule has 1 aliphatic heterocycles. The molecule has 0 amide bonds. The largest absolute Gasteiger partial charge is 0.388 e. The van der Waals surface area contributed by atoms with Crippen molar-refractivity contribution in [3.8, 4) is 0 Å². The van der Waals surface area contributed by atoms with Crippen molar-refractivity contribution in [2.75, 3.05) is 31.2 Å². The van der Waals surface area contributed by atoms with Crippen molar-refractivity contribution in [1.82, 2.24) is 0 Å². The number of aliphatic hydroxyl groups excluding tert-OH is 1. The van der Waals surface area contributed by atoms with Gasteiger partial charge in [-0.2, -0.15) is 0 Å². The summed E-state index contributed by atoms with van der Waals surface area (Å²) in [6.07, 6.45) is 0.185. The average Bonchev–Trinajstić information content (AvgIpc) is 2.59. The third kappa shape index (κ3) is 2.80. The molecule has 0 radical (unpaired) electrons. The van der Waals surface area contributed by atoms with Crippen LogP contribution < -0.4 is 4.90 Å². The van der Waals surface area contributed by atoms with Gasteiger partial charge >= 0.3 is 5.69 Å². The zero-order valence-corrected chi connectivity index (χ0v) is 11.0. The van der Waals surface area contributed by atoms with Gasteiger partial charge in [0, 0.05) is 30.6 Å². The number of ether oxygens (including phenoxy) is 1. The molecule has 1 aliphatic rings. The maximum atomic E-state index is 11.1. The van der Waals surface area contributed by atoms with Crippen molar-refractivity contribution in [3.63, 3.8) is 0 Å². The molecule has 0 spiro atoms. The van der Waals surface area contributed by atoms with Crippen LogP contribution in [0.1, 0.15) is 24.3 Å². The second-order valence-electron chi connectivity index (χ2n) is 4.23. The van der Waals surface area contributed by atoms with Crippen LogP contribution in [0.3, 0.4) is 0 Å². The van der Waals surface area contributed by atoms with Gasteiger partial charge in [0.25, 0.3) is 0 Å². The fraction of sp³-hybridized carbons (Fsp3) is 0.636. The minimum absolute atomic E-state index is 0.0813. The van der Waals surface area contributed by atoms with Gasteiger partial charge in [0.2, 0.25) is 0 Å². The summed E-state index contributed by atoms with van der Waals surface area (Å²) < 4.78 is 5.34. The normalized spacial score (nSPS) is 18.4. The van der Waals surface area contributed by atoms with Crippen LogP contribution in [0, 0.1) is 10.1 Å². The molecule has 1 aromatic rings. The Labute approximate surface area is 109 Å². The van der Waals surface area contributed by atoms with Gasteiger partial charge in [-0.15, -0.1) is 11.3 Å². The van der Waals surface area contributed by atoms with Gasteiger partial charge in [-0.3, -0.25) is 10.1 Å². The Hall–Kier alpha value is -1.18. The van der Waals surface area contributed by atoms with E-state index in [0.717, 1.165) is 13.0 Å². The molecule has 0 saturated carbocycles. The van der Waals surface area contributed by atoms with E-state index >= 15 is 0 Å². The van der Waals surface area contributed by atoms with Crippen molar-refractivity contribution in [1.29, 1.82) is 0 Å². The summed E-state index contributed by atoms with van der Waals surface area (Å²) in [6.45, 7) is 4.30. The van der Waals surface area contributed by atoms with Gasteiger partial charge in [-0.25, -0.2) is 0 Å². The average molecular weight is 272 g/mol. The third-order valence-electron chi connectivity index (χ3n) is 2.83. The van der Waals surface area contributed by atoms with E-state index in [4.69, 9.17) is 4.74 Å². The Kier molecular flexibility index (Phi) is 4.15. The minimum atomic E-state index is -0.675. The van der Waals surface area contributed by atoms with Crippen molar-refractivity contribution < 1.29 is 14.8 Å². The SMILES string of the molecule is C[C@@H](O)c1cc([N+](=O)[O-])c(N2CCCOCC2)s1. The first-order chi connectivity index (χ1) is 8.59. The van der Waals surface area contributed by atoms with E-state index in [2.05, 4.69) is 0 Å². The molecule has 2 heterocycles. The summed E-state index contributed by atoms with van der Waals surface area (Å²) in [4.78, 5) is 13.3. The molecule has 100 valence electrons. The van der Waals surface area contributed by atoms with E-state index < -0.39 is 6.10 Å². The summed E-state index contributed by atoms with van der Waals surface area (Å²) in [5.41, 5.74) is 0.0813. The number of hydrogen-bond acceptors (Lipinski definition) is 6. The minimum Gasteiger partial charge on any atom is -0.388 e. The molecule has 1 aromatic heterocycles. The molecule has 0 unspecified atom stereocenters. The zero-order valence-electron chi connectivity index (χ0n) is 10.2. The highest BCUT2D eigenvalue weighted by Crippen LogP contribution is 2.40. The first-order valence-corrected chi connectivity index (χ1v) is 6.70. The molecular formula is C11H16N2O4S. The van der Waals surface area contributed by atoms with Gasteiger partial charge in [-0.05, 0) is 13.3 Å². The molecule has 2 rings (SSSR count). The maximum absolute atomic E-state index is 11.1. The summed E-state index contributed by atoms with van der Waals surface area (Å²) in [5, 5.41) is 21.2. The molecule has 1 saturated heterocycles. The topological polar surface area (TPSA) is 75.8 Å². The predicted molar refractivity (Wildman–Crippen MR) is 69.3 cm³/mol. The fourth-order valence-corrected chi connectivity index (χ4v) is 3.02. The van der Waals surface area contributed by atoms with E-state index in [1.807, 2.05) is 4.90 Å². The lowest BCUT2D eigenvalue weighted by Gasteiger charge is -2.18. The number of nitro groups is 1. The van der Waals surface area contributed by atoms with Gasteiger partial charge < -0.3 is 14.7 Å². The summed E-state index contributed by atoms with van der Waals surface area (Å²) in [5.74, 6) is 0. The monoisotopic (exact) mass is 272 g/mol. The molecule has 6 nitrogen and oxygen atoms in total. The van der Waals surface area contributed by atoms with E-state index in [-0.39, 0.29) is 10.6 Å². The molecule has 7 heteroatoms. The molecule has 0 aliphatic carbocycles. The number of hydrogen-bond donors (Lipinski definition) is 1. The van der Waals surface area contributed by atoms with Crippen LogP contribution >= 0.6 is 11.3 Å². The van der Waals surface area contributed by atoms with Crippen molar-refractivity contribution in [2.24, 2.45) is 0 Å². The Morgan fingerprint density at radius 1 is 1.56 bits per heavy atom. The first kappa shape index (κ1) is 13.3. The molecule has 1 N–H and O–H groups in total. The molecule has 1 fully saturated rings. The van der Waals surface area contributed by atoms with Crippen LogP contribution in [-0.2, 0) is 4.74 Å². The lowest BCUT2D eigenvalue weighted by atomic mass is 10.3. The Morgan fingerprint density at radius 3 is 3.00 bits per heavy atom. The van der Waals surface area contributed by atoms with Crippen LogP contribution in [0.15, 0.2) is 6.07 Å². The zero-order chi connectivity index (χ0) is 13.1. The van der Waals surface area contributed by atoms with Crippen molar-refractivity contribution in [3.05, 3.63) is 21.1 Å². The molecule has 0 aromatic carbocycles. The smallest absolute Gasteiger partial charge is 0.304 e. The second kappa shape index (κ2) is 5.64. The number of rotatable bonds is 3. The molecule has 1 atom stereocenters. The van der Waals surface area contributed by atoms with Crippen molar-refractivity contribution in [2.45, 2.75) is 19.4 Å². The second-order valence-corrected chi connectivity index (χ2v) is 5.29. The lowest BCUT2D eigenvalue weighted by Crippen LogP contribution is -2.25. The summed E-state index contributed by atoms with van der Waals surface area (Å²) >= 11 is 1.29. The number of anilines is 1. The molecule has 18 heavy (non-hydrogen) atoms. The summed E-state index contributed by atoms with van der Waals surface area (Å²) in [6, 6.07) is 1.47. The third-order valence-corrected chi connectivity index (χ3v) is 4.19. The van der Waals surface area contributed by atoms with Gasteiger partial charge in [0.1, 0.15) is 0 Å². The van der Waals surface area contributed by atoms with E-state index in [0.29, 0.717) is 29.6 Å². The van der Waals surface area contributed by atoms with Crippen LogP contribution in [-0.4, -0.2) is 36.3 Å². The first-order valence-electron chi connectivity index (χ1n) is 5.88. The quantitative estimate of drug-likeness (QED) is 0.672. The van der Waals surface area contributed by atoms with Crippen LogP contribution in [0.4, 0.5) is 10.7 Å². The van der Waals surface area contributed by atoms with Gasteiger partial charge in [0.05, 0.1) is 17.6 Å². The number of nitrogens with zero attached hydrogens (tertiary/aromatic N) is 2. The van der Waals surface area contributed by atoms with Gasteiger partial charge in [0.15, 0.2) is 5.00 Å². The number of aliphatic hydroxyl groups is 1. The molecular weight excluding hydrogens is 256 g/mol. The van der Waals surface area contributed by atoms with Crippen LogP contribution in [0.2, 0.25) is 0 Å². The lowest BCUT2D eigenvalue weighted by molar-refractivity contribution is -0.383. The maximum Gasteiger partial charge on any atom is 0.304 e. The predicted octanol–water partition coefficient (Wildman–Crippen LogP) is 1.94. The van der Waals surface area contributed by atoms with Crippen LogP contribution in [0.25, 0.3) is 0 Å². The highest BCUT2D eigenvalue weighted by atomic mass is 32.1. The highest BCUT2D eigenvalue weighted by molar-refractivity contribution is 7.16. The Bertz CT molecular complexity index is 425. The van der Waals surface area contributed by atoms with E-state index in [9.17, 15) is 15.2 Å². The summed E-state index contributed by atoms with van der Waals surface area (Å²) in [7, 11) is 0. The van der Waals surface area contributed by atoms with Crippen LogP contribution in [0.5, 0.6) is 0 Å². The Morgan fingerprint density at radius 2 is 2.33 bits per heavy atom. The van der Waals surface area contributed by atoms with E-state index in [1.165, 1.54) is 17.4 Å². The highest BCUT2D eigenvalue weighted by Gasteiger charge is 2.25.